The number of ether oxygens (including phenoxy) is 2. The number of benzene rings is 2. The van der Waals surface area contributed by atoms with Gasteiger partial charge in [-0.15, -0.1) is 0 Å². The first kappa shape index (κ1) is 18.7. The highest BCUT2D eigenvalue weighted by Gasteiger charge is 2.12. The van der Waals surface area contributed by atoms with Crippen LogP contribution >= 0.6 is 15.9 Å². The van der Waals surface area contributed by atoms with Crippen molar-refractivity contribution in [3.05, 3.63) is 64.3 Å². The molecule has 8 heteroatoms. The van der Waals surface area contributed by atoms with E-state index in [1.165, 1.54) is 0 Å². The van der Waals surface area contributed by atoms with Gasteiger partial charge in [0, 0.05) is 10.0 Å². The van der Waals surface area contributed by atoms with E-state index in [-0.39, 0.29) is 5.91 Å². The summed E-state index contributed by atoms with van der Waals surface area (Å²) in [5.74, 6) is 0.822. The van der Waals surface area contributed by atoms with Gasteiger partial charge in [0.1, 0.15) is 5.69 Å². The van der Waals surface area contributed by atoms with Crippen LogP contribution in [0.2, 0.25) is 0 Å². The maximum atomic E-state index is 12.2. The van der Waals surface area contributed by atoms with Crippen molar-refractivity contribution < 1.29 is 14.3 Å². The van der Waals surface area contributed by atoms with E-state index in [0.29, 0.717) is 22.9 Å². The van der Waals surface area contributed by atoms with E-state index in [1.807, 2.05) is 30.3 Å². The minimum Gasteiger partial charge on any atom is -0.493 e. The van der Waals surface area contributed by atoms with E-state index >= 15 is 0 Å². The van der Waals surface area contributed by atoms with Gasteiger partial charge in [-0.25, -0.2) is 5.43 Å². The molecule has 3 rings (SSSR count). The molecule has 138 valence electrons. The summed E-state index contributed by atoms with van der Waals surface area (Å²) < 4.78 is 11.5. The van der Waals surface area contributed by atoms with Crippen LogP contribution in [0.4, 0.5) is 0 Å². The largest absolute Gasteiger partial charge is 0.493 e. The average molecular weight is 429 g/mol. The molecule has 2 N–H and O–H groups in total. The number of nitrogens with one attached hydrogen (secondary N) is 2. The van der Waals surface area contributed by atoms with Crippen LogP contribution in [-0.2, 0) is 0 Å². The lowest BCUT2D eigenvalue weighted by Crippen LogP contribution is -2.17. The minimum atomic E-state index is -0.386. The second-order valence-electron chi connectivity index (χ2n) is 5.49. The quantitative estimate of drug-likeness (QED) is 0.463. The number of carbonyl (C=O) groups is 1. The van der Waals surface area contributed by atoms with Crippen molar-refractivity contribution in [1.82, 2.24) is 15.6 Å². The molecule has 0 unspecified atom stereocenters. The van der Waals surface area contributed by atoms with E-state index in [1.54, 1.807) is 38.6 Å². The summed E-state index contributed by atoms with van der Waals surface area (Å²) >= 11 is 3.37. The summed E-state index contributed by atoms with van der Waals surface area (Å²) in [6, 6.07) is 14.6. The van der Waals surface area contributed by atoms with E-state index in [9.17, 15) is 4.79 Å². The number of aromatic nitrogens is 2. The van der Waals surface area contributed by atoms with Crippen molar-refractivity contribution in [3.63, 3.8) is 0 Å². The third-order valence-corrected chi connectivity index (χ3v) is 4.28. The maximum absolute atomic E-state index is 12.2. The molecule has 3 aromatic rings. The number of aromatic amines is 1. The predicted octanol–water partition coefficient (Wildman–Crippen LogP) is 3.62. The SMILES string of the molecule is COc1ccc(-c2cc(C(=O)N/N=C\c3ccc(Br)cc3)[nH]n2)cc1OC. The normalized spacial score (nSPS) is 10.8. The number of hydrogen-bond donors (Lipinski definition) is 2. The Balaban J connectivity index is 1.69. The Morgan fingerprint density at radius 2 is 1.85 bits per heavy atom. The van der Waals surface area contributed by atoms with Crippen LogP contribution in [0, 0.1) is 0 Å². The number of methoxy groups -OCH3 is 2. The van der Waals surface area contributed by atoms with Gasteiger partial charge in [-0.3, -0.25) is 9.89 Å². The number of hydrogen-bond acceptors (Lipinski definition) is 5. The molecule has 1 aromatic heterocycles. The monoisotopic (exact) mass is 428 g/mol. The van der Waals surface area contributed by atoms with Gasteiger partial charge in [0.25, 0.3) is 5.91 Å². The first-order chi connectivity index (χ1) is 13.1. The number of halogens is 1. The molecule has 0 bridgehead atoms. The molecule has 0 saturated carbocycles. The fourth-order valence-corrected chi connectivity index (χ4v) is 2.62. The Morgan fingerprint density at radius 3 is 2.56 bits per heavy atom. The molecule has 0 fully saturated rings. The first-order valence-corrected chi connectivity index (χ1v) is 8.77. The van der Waals surface area contributed by atoms with Gasteiger partial charge in [0.05, 0.1) is 26.1 Å². The second-order valence-corrected chi connectivity index (χ2v) is 6.40. The lowest BCUT2D eigenvalue weighted by molar-refractivity contribution is 0.0950. The number of rotatable bonds is 6. The van der Waals surface area contributed by atoms with Crippen molar-refractivity contribution >= 4 is 28.1 Å². The predicted molar refractivity (Wildman–Crippen MR) is 106 cm³/mol. The van der Waals surface area contributed by atoms with Crippen molar-refractivity contribution in [2.24, 2.45) is 5.10 Å². The van der Waals surface area contributed by atoms with Gasteiger partial charge in [0.2, 0.25) is 0 Å². The summed E-state index contributed by atoms with van der Waals surface area (Å²) in [7, 11) is 3.14. The number of carbonyl (C=O) groups excluding carboxylic acids is 1. The van der Waals surface area contributed by atoms with Crippen LogP contribution in [0.3, 0.4) is 0 Å². The summed E-state index contributed by atoms with van der Waals surface area (Å²) in [5.41, 5.74) is 5.04. The standard InChI is InChI=1S/C19H17BrN4O3/c1-26-17-8-5-13(9-18(17)27-2)15-10-16(23-22-15)19(25)24-21-11-12-3-6-14(20)7-4-12/h3-11H,1-2H3,(H,22,23)(H,24,25)/b21-11-. The summed E-state index contributed by atoms with van der Waals surface area (Å²) in [6.45, 7) is 0. The molecule has 0 radical (unpaired) electrons. The van der Waals surface area contributed by atoms with E-state index in [2.05, 4.69) is 36.7 Å². The molecule has 0 spiro atoms. The Bertz CT molecular complexity index is 967. The van der Waals surface area contributed by atoms with Gasteiger partial charge >= 0.3 is 0 Å². The van der Waals surface area contributed by atoms with Crippen LogP contribution in [-0.4, -0.2) is 36.5 Å². The van der Waals surface area contributed by atoms with Crippen LogP contribution < -0.4 is 14.9 Å². The molecule has 0 saturated heterocycles. The van der Waals surface area contributed by atoms with Crippen molar-refractivity contribution in [2.45, 2.75) is 0 Å². The smallest absolute Gasteiger partial charge is 0.289 e. The molecule has 7 nitrogen and oxygen atoms in total. The Labute approximate surface area is 164 Å². The highest BCUT2D eigenvalue weighted by atomic mass is 79.9. The fraction of sp³-hybridized carbons (Fsp3) is 0.105. The van der Waals surface area contributed by atoms with Gasteiger partial charge in [-0.2, -0.15) is 10.2 Å². The molecule has 0 aliphatic carbocycles. The molecular formula is C19H17BrN4O3. The lowest BCUT2D eigenvalue weighted by atomic mass is 10.1. The molecule has 27 heavy (non-hydrogen) atoms. The van der Waals surface area contributed by atoms with Gasteiger partial charge in [-0.05, 0) is 42.0 Å². The maximum Gasteiger partial charge on any atom is 0.289 e. The minimum absolute atomic E-state index is 0.299. The summed E-state index contributed by atoms with van der Waals surface area (Å²) in [4.78, 5) is 12.2. The molecule has 0 atom stereocenters. The van der Waals surface area contributed by atoms with Crippen molar-refractivity contribution in [3.8, 4) is 22.8 Å². The average Bonchev–Trinajstić information content (AvgIpc) is 3.19. The molecule has 0 aliphatic heterocycles. The van der Waals surface area contributed by atoms with Crippen LogP contribution in [0.25, 0.3) is 11.3 Å². The van der Waals surface area contributed by atoms with E-state index in [4.69, 9.17) is 9.47 Å². The molecule has 0 aliphatic rings. The van der Waals surface area contributed by atoms with Gasteiger partial charge in [0.15, 0.2) is 11.5 Å². The van der Waals surface area contributed by atoms with Crippen LogP contribution in [0.15, 0.2) is 58.1 Å². The Hall–Kier alpha value is -3.13. The van der Waals surface area contributed by atoms with E-state index < -0.39 is 0 Å². The highest BCUT2D eigenvalue weighted by Crippen LogP contribution is 2.31. The number of nitrogens with zero attached hydrogens (tertiary/aromatic N) is 2. The number of hydrazone groups is 1. The summed E-state index contributed by atoms with van der Waals surface area (Å²) in [6.07, 6.45) is 1.57. The Kier molecular flexibility index (Phi) is 5.87. The zero-order valence-corrected chi connectivity index (χ0v) is 16.3. The molecule has 1 amide bonds. The van der Waals surface area contributed by atoms with Gasteiger partial charge < -0.3 is 9.47 Å². The molecule has 2 aromatic carbocycles. The lowest BCUT2D eigenvalue weighted by Gasteiger charge is -2.08. The third-order valence-electron chi connectivity index (χ3n) is 3.75. The van der Waals surface area contributed by atoms with E-state index in [0.717, 1.165) is 15.6 Å². The number of H-pyrrole nitrogens is 1. The molecular weight excluding hydrogens is 412 g/mol. The number of amides is 1. The molecule has 1 heterocycles. The van der Waals surface area contributed by atoms with Crippen LogP contribution in [0.5, 0.6) is 11.5 Å². The van der Waals surface area contributed by atoms with Crippen molar-refractivity contribution in [1.29, 1.82) is 0 Å². The second kappa shape index (κ2) is 8.50. The Morgan fingerprint density at radius 1 is 1.11 bits per heavy atom. The highest BCUT2D eigenvalue weighted by molar-refractivity contribution is 9.10. The topological polar surface area (TPSA) is 88.6 Å². The zero-order valence-electron chi connectivity index (χ0n) is 14.7. The zero-order chi connectivity index (χ0) is 19.2. The van der Waals surface area contributed by atoms with Crippen LogP contribution in [0.1, 0.15) is 16.1 Å². The third kappa shape index (κ3) is 4.53. The summed E-state index contributed by atoms with van der Waals surface area (Å²) in [5, 5.41) is 10.8. The fourth-order valence-electron chi connectivity index (χ4n) is 2.36. The van der Waals surface area contributed by atoms with Crippen molar-refractivity contribution in [2.75, 3.05) is 14.2 Å². The van der Waals surface area contributed by atoms with Gasteiger partial charge in [-0.1, -0.05) is 28.1 Å². The first-order valence-electron chi connectivity index (χ1n) is 7.97.